The van der Waals surface area contributed by atoms with Gasteiger partial charge < -0.3 is 41.7 Å². The number of thiazole rings is 1. The molecule has 0 bridgehead atoms. The van der Waals surface area contributed by atoms with Gasteiger partial charge >= 0.3 is 6.03 Å². The van der Waals surface area contributed by atoms with Crippen LogP contribution >= 0.6 is 34.7 Å². The first kappa shape index (κ1) is 30.8. The molecule has 2 aromatic rings. The molecule has 0 spiro atoms. The standard InChI is InChI=1S/C24H25ClN10O7S2/c25-15-10(1-2-12(36)18(15)38)19(39)29-4-3-28-13(37)7-30-35-6-5-33(24(35)42)14-8-34-21(41)17(22(34)44-14)32-20(40)16(26)11-9-43-23(27)31-11/h1-2,7,9,14,17,22,26,36,38H,3-6,8H2,(H2,27,31)(H,28,37)(H,29,39)(H,32,40)/b26-16?,30-7+/t14-,17?,22+/m0/s1. The lowest BCUT2D eigenvalue weighted by molar-refractivity contribution is -0.147. The van der Waals surface area contributed by atoms with Crippen molar-refractivity contribution < 1.29 is 34.2 Å². The number of carbonyl (C=O) groups excluding carboxylic acids is 5. The molecule has 232 valence electrons. The van der Waals surface area contributed by atoms with E-state index >= 15 is 0 Å². The molecule has 3 saturated heterocycles. The van der Waals surface area contributed by atoms with Gasteiger partial charge in [-0.1, -0.05) is 11.6 Å². The second-order valence-electron chi connectivity index (χ2n) is 9.55. The second-order valence-corrected chi connectivity index (χ2v) is 12.1. The van der Waals surface area contributed by atoms with E-state index in [0.717, 1.165) is 28.6 Å². The summed E-state index contributed by atoms with van der Waals surface area (Å²) < 4.78 is 0. The van der Waals surface area contributed by atoms with Gasteiger partial charge in [-0.25, -0.2) is 14.8 Å². The van der Waals surface area contributed by atoms with Gasteiger partial charge in [0.2, 0.25) is 5.91 Å². The van der Waals surface area contributed by atoms with Gasteiger partial charge in [0, 0.05) is 25.0 Å². The van der Waals surface area contributed by atoms with Crippen molar-refractivity contribution in [1.29, 1.82) is 5.41 Å². The summed E-state index contributed by atoms with van der Waals surface area (Å²) in [7, 11) is 0. The van der Waals surface area contributed by atoms with Crippen molar-refractivity contribution in [3.05, 3.63) is 33.8 Å². The minimum Gasteiger partial charge on any atom is -0.504 e. The van der Waals surface area contributed by atoms with Gasteiger partial charge in [-0.2, -0.15) is 5.10 Å². The molecule has 5 rings (SSSR count). The van der Waals surface area contributed by atoms with Crippen LogP contribution < -0.4 is 21.7 Å². The topological polar surface area (TPSA) is 247 Å². The van der Waals surface area contributed by atoms with Crippen LogP contribution in [0.3, 0.4) is 0 Å². The zero-order chi connectivity index (χ0) is 31.7. The van der Waals surface area contributed by atoms with E-state index in [9.17, 15) is 34.2 Å². The maximum atomic E-state index is 13.0. The summed E-state index contributed by atoms with van der Waals surface area (Å²) in [5.74, 6) is -3.39. The van der Waals surface area contributed by atoms with Crippen molar-refractivity contribution in [2.45, 2.75) is 16.8 Å². The number of aromatic hydroxyl groups is 2. The van der Waals surface area contributed by atoms with Crippen LogP contribution in [0.5, 0.6) is 11.5 Å². The number of fused-ring (bicyclic) bond motifs is 1. The fourth-order valence-corrected chi connectivity index (χ4v) is 6.94. The van der Waals surface area contributed by atoms with Crippen LogP contribution in [0.15, 0.2) is 22.6 Å². The van der Waals surface area contributed by atoms with Crippen LogP contribution in [0.4, 0.5) is 9.93 Å². The van der Waals surface area contributed by atoms with Gasteiger partial charge in [0.15, 0.2) is 16.6 Å². The van der Waals surface area contributed by atoms with Gasteiger partial charge in [0.05, 0.1) is 29.0 Å². The third-order valence-electron chi connectivity index (χ3n) is 6.81. The Morgan fingerprint density at radius 3 is 2.66 bits per heavy atom. The molecule has 3 aliphatic rings. The molecular formula is C24H25ClN10O7S2. The van der Waals surface area contributed by atoms with Gasteiger partial charge in [-0.15, -0.1) is 23.1 Å². The highest BCUT2D eigenvalue weighted by Gasteiger charge is 2.56. The highest BCUT2D eigenvalue weighted by molar-refractivity contribution is 8.00. The highest BCUT2D eigenvalue weighted by atomic mass is 35.5. The molecule has 0 aliphatic carbocycles. The molecule has 0 saturated carbocycles. The average molecular weight is 665 g/mol. The minimum absolute atomic E-state index is 0.0180. The average Bonchev–Trinajstić information content (AvgIpc) is 3.72. The van der Waals surface area contributed by atoms with E-state index in [2.05, 4.69) is 26.0 Å². The molecule has 0 radical (unpaired) electrons. The van der Waals surface area contributed by atoms with Crippen molar-refractivity contribution >= 4 is 81.4 Å². The van der Waals surface area contributed by atoms with E-state index in [1.54, 1.807) is 4.90 Å². The second kappa shape index (κ2) is 12.5. The Labute approximate surface area is 261 Å². The normalized spacial score (nSPS) is 20.9. The van der Waals surface area contributed by atoms with Crippen LogP contribution in [0, 0.1) is 5.41 Å². The lowest BCUT2D eigenvalue weighted by Gasteiger charge is -2.41. The van der Waals surface area contributed by atoms with E-state index in [-0.39, 0.29) is 53.5 Å². The zero-order valence-corrected chi connectivity index (χ0v) is 24.9. The first-order valence-corrected chi connectivity index (χ1v) is 15.1. The summed E-state index contributed by atoms with van der Waals surface area (Å²) in [6, 6.07) is 1.06. The number of rotatable bonds is 10. The van der Waals surface area contributed by atoms with Crippen LogP contribution in [0.2, 0.25) is 5.02 Å². The fraction of sp³-hybridized carbons (Fsp3) is 0.333. The number of nitrogen functional groups attached to an aromatic ring is 1. The lowest BCUT2D eigenvalue weighted by Crippen LogP contribution is -2.67. The SMILES string of the molecule is N=C(C(=O)NC1C(=O)N2C[C@@H](N3CCN(/N=C/C(=O)NCCNC(=O)c4ccc(O)c(O)c4Cl)C3=O)S[C@H]12)c1csc(N)n1. The van der Waals surface area contributed by atoms with E-state index in [0.29, 0.717) is 6.54 Å². The number of aromatic nitrogens is 1. The van der Waals surface area contributed by atoms with Gasteiger partial charge in [0.1, 0.15) is 29.0 Å². The number of nitrogens with one attached hydrogen (secondary N) is 4. The van der Waals surface area contributed by atoms with Crippen molar-refractivity contribution in [2.24, 2.45) is 5.10 Å². The number of urea groups is 1. The number of halogens is 1. The number of hydrogen-bond donors (Lipinski definition) is 7. The highest BCUT2D eigenvalue weighted by Crippen LogP contribution is 2.42. The number of hydrazone groups is 1. The van der Waals surface area contributed by atoms with Crippen LogP contribution in [-0.4, -0.2) is 121 Å². The Hall–Kier alpha value is -4.62. The minimum atomic E-state index is -0.848. The molecule has 1 aromatic carbocycles. The summed E-state index contributed by atoms with van der Waals surface area (Å²) in [6.45, 7) is 0.813. The molecule has 3 atom stereocenters. The van der Waals surface area contributed by atoms with E-state index in [1.165, 1.54) is 28.1 Å². The monoisotopic (exact) mass is 664 g/mol. The predicted octanol–water partition coefficient (Wildman–Crippen LogP) is -0.847. The number of benzene rings is 1. The molecule has 4 heterocycles. The number of anilines is 1. The maximum absolute atomic E-state index is 13.0. The summed E-state index contributed by atoms with van der Waals surface area (Å²) in [5, 5.41) is 40.3. The van der Waals surface area contributed by atoms with Crippen LogP contribution in [-0.2, 0) is 14.4 Å². The third kappa shape index (κ3) is 6.06. The van der Waals surface area contributed by atoms with Crippen molar-refractivity contribution in [3.63, 3.8) is 0 Å². The fourth-order valence-electron chi connectivity index (χ4n) is 4.55. The maximum Gasteiger partial charge on any atom is 0.341 e. The van der Waals surface area contributed by atoms with Gasteiger partial charge in [-0.3, -0.25) is 24.6 Å². The molecule has 44 heavy (non-hydrogen) atoms. The van der Waals surface area contributed by atoms with Crippen molar-refractivity contribution in [1.82, 2.24) is 35.7 Å². The molecular weight excluding hydrogens is 640 g/mol. The van der Waals surface area contributed by atoms with Gasteiger partial charge in [-0.05, 0) is 12.1 Å². The molecule has 3 fully saturated rings. The lowest BCUT2D eigenvalue weighted by atomic mass is 10.1. The molecule has 6 amide bonds. The molecule has 17 nitrogen and oxygen atoms in total. The summed E-state index contributed by atoms with van der Waals surface area (Å²) in [4.78, 5) is 69.5. The van der Waals surface area contributed by atoms with E-state index in [4.69, 9.17) is 22.7 Å². The number of β-lactam (4-membered cyclic amide) rings is 1. The molecule has 8 N–H and O–H groups in total. The smallest absolute Gasteiger partial charge is 0.341 e. The molecule has 1 aromatic heterocycles. The number of carbonyl (C=O) groups is 5. The largest absolute Gasteiger partial charge is 0.504 e. The number of nitrogens with two attached hydrogens (primary N) is 1. The van der Waals surface area contributed by atoms with Gasteiger partial charge in [0.25, 0.3) is 17.7 Å². The third-order valence-corrected chi connectivity index (χ3v) is 9.39. The number of phenols is 2. The predicted molar refractivity (Wildman–Crippen MR) is 160 cm³/mol. The quantitative estimate of drug-likeness (QED) is 0.0717. The van der Waals surface area contributed by atoms with Crippen molar-refractivity contribution in [3.8, 4) is 11.5 Å². The summed E-state index contributed by atoms with van der Waals surface area (Å²) in [6.07, 6.45) is 0.938. The Morgan fingerprint density at radius 1 is 1.18 bits per heavy atom. The summed E-state index contributed by atoms with van der Waals surface area (Å²) in [5.41, 5.74) is 5.22. The number of nitrogens with zero attached hydrogens (tertiary/aromatic N) is 5. The molecule has 1 unspecified atom stereocenters. The Morgan fingerprint density at radius 2 is 1.93 bits per heavy atom. The van der Waals surface area contributed by atoms with Crippen LogP contribution in [0.1, 0.15) is 16.1 Å². The molecule has 20 heteroatoms. The first-order chi connectivity index (χ1) is 21.0. The van der Waals surface area contributed by atoms with E-state index < -0.39 is 57.8 Å². The zero-order valence-electron chi connectivity index (χ0n) is 22.5. The van der Waals surface area contributed by atoms with Crippen molar-refractivity contribution in [2.75, 3.05) is 38.5 Å². The van der Waals surface area contributed by atoms with E-state index in [1.807, 2.05) is 0 Å². The summed E-state index contributed by atoms with van der Waals surface area (Å²) >= 11 is 8.29. The Bertz CT molecular complexity index is 1590. The molecule has 3 aliphatic heterocycles. The Balaban J connectivity index is 1.05. The number of thioether (sulfide) groups is 1. The van der Waals surface area contributed by atoms with Crippen LogP contribution in [0.25, 0.3) is 0 Å². The first-order valence-electron chi connectivity index (χ1n) is 12.9. The number of phenolic OH excluding ortho intramolecular Hbond substituents is 2. The number of hydrogen-bond acceptors (Lipinski definition) is 13. The Kier molecular flexibility index (Phi) is 8.79. The number of amides is 6.